The van der Waals surface area contributed by atoms with Crippen molar-refractivity contribution in [1.29, 1.82) is 5.41 Å². The van der Waals surface area contributed by atoms with Gasteiger partial charge in [-0.25, -0.2) is 9.59 Å². The van der Waals surface area contributed by atoms with Crippen LogP contribution in [0.1, 0.15) is 24.8 Å². The van der Waals surface area contributed by atoms with Gasteiger partial charge in [0.2, 0.25) is 0 Å². The molecular weight excluding hydrogens is 497 g/mol. The zero-order valence-corrected chi connectivity index (χ0v) is 19.3. The number of halogens is 2. The molecule has 8 N–H and O–H groups in total. The van der Waals surface area contributed by atoms with Gasteiger partial charge in [0.25, 0.3) is 5.56 Å². The highest BCUT2D eigenvalue weighted by Gasteiger charge is 2.43. The summed E-state index contributed by atoms with van der Waals surface area (Å²) in [5.74, 6) is 0.565. The van der Waals surface area contributed by atoms with Crippen molar-refractivity contribution in [3.8, 4) is 0 Å². The van der Waals surface area contributed by atoms with Gasteiger partial charge >= 0.3 is 11.4 Å². The number of nitrogen functional groups attached to an aromatic ring is 1. The number of anilines is 1. The lowest BCUT2D eigenvalue weighted by atomic mass is 10.1. The van der Waals surface area contributed by atoms with Crippen LogP contribution in [0, 0.1) is 5.41 Å². The van der Waals surface area contributed by atoms with Crippen molar-refractivity contribution in [3.05, 3.63) is 54.3 Å². The Morgan fingerprint density at radius 1 is 1.26 bits per heavy atom. The lowest BCUT2D eigenvalue weighted by molar-refractivity contribution is -0.0549. The van der Waals surface area contributed by atoms with E-state index in [9.17, 15) is 24.6 Å². The number of rotatable bonds is 4. The second kappa shape index (κ2) is 11.6. The third kappa shape index (κ3) is 6.02. The lowest BCUT2D eigenvalue weighted by Crippen LogP contribution is -2.36. The van der Waals surface area contributed by atoms with Crippen molar-refractivity contribution in [3.63, 3.8) is 0 Å². The molecule has 0 aromatic carbocycles. The molecule has 0 amide bonds. The van der Waals surface area contributed by atoms with Crippen LogP contribution in [0.3, 0.4) is 0 Å². The van der Waals surface area contributed by atoms with Gasteiger partial charge in [-0.2, -0.15) is 4.98 Å². The molecule has 2 aliphatic rings. The minimum Gasteiger partial charge on any atom is -0.394 e. The Hall–Kier alpha value is -2.75. The standard InChI is InChI=1S/C9H11ClN4O2.C9H13N3O5.ClH/c10-7-5(12-9(16)13-8(7)15)4-14-3-1-2-6(14)11;10-5-1-2-12(9(16)11-5)8-7(15)6(14)4(3-13)17-8;/h11H,1-4H2,(H2,12,13,15,16);1-2,4,6-8,13-15H,3H2,(H2,10,11,16);1H/t;4-,6-,7+,8-;/m.1./s1. The maximum atomic E-state index is 11.5. The molecule has 4 atom stereocenters. The smallest absolute Gasteiger partial charge is 0.351 e. The number of likely N-dealkylation sites (tertiary alicyclic amines) is 1. The zero-order chi connectivity index (χ0) is 24.3. The van der Waals surface area contributed by atoms with E-state index in [1.807, 2.05) is 4.98 Å². The fourth-order valence-corrected chi connectivity index (χ4v) is 3.61. The van der Waals surface area contributed by atoms with E-state index in [4.69, 9.17) is 32.6 Å². The van der Waals surface area contributed by atoms with Crippen LogP contribution in [0.15, 0.2) is 26.6 Å². The molecule has 0 aliphatic carbocycles. The Morgan fingerprint density at radius 2 is 1.97 bits per heavy atom. The van der Waals surface area contributed by atoms with Gasteiger partial charge in [0.1, 0.15) is 29.2 Å². The minimum atomic E-state index is -1.31. The van der Waals surface area contributed by atoms with E-state index in [1.165, 1.54) is 12.3 Å². The van der Waals surface area contributed by atoms with Crippen LogP contribution in [-0.2, 0) is 11.3 Å². The highest BCUT2D eigenvalue weighted by atomic mass is 35.5. The number of H-pyrrole nitrogens is 2. The first kappa shape index (κ1) is 27.5. The second-order valence-electron chi connectivity index (χ2n) is 7.44. The quantitative estimate of drug-likeness (QED) is 0.237. The van der Waals surface area contributed by atoms with Crippen molar-refractivity contribution in [1.82, 2.24) is 24.4 Å². The van der Waals surface area contributed by atoms with Crippen LogP contribution in [0.25, 0.3) is 0 Å². The summed E-state index contributed by atoms with van der Waals surface area (Å²) in [7, 11) is 0. The second-order valence-corrected chi connectivity index (χ2v) is 7.82. The van der Waals surface area contributed by atoms with Crippen molar-refractivity contribution in [2.24, 2.45) is 0 Å². The van der Waals surface area contributed by atoms with Gasteiger partial charge < -0.3 is 35.7 Å². The topological polar surface area (TPSA) is 224 Å². The van der Waals surface area contributed by atoms with E-state index in [-0.39, 0.29) is 23.2 Å². The summed E-state index contributed by atoms with van der Waals surface area (Å²) < 4.78 is 6.19. The predicted octanol–water partition coefficient (Wildman–Crippen LogP) is -1.85. The largest absolute Gasteiger partial charge is 0.394 e. The fraction of sp³-hybridized carbons (Fsp3) is 0.500. The van der Waals surface area contributed by atoms with Gasteiger partial charge in [0.05, 0.1) is 24.7 Å². The Kier molecular flexibility index (Phi) is 9.37. The summed E-state index contributed by atoms with van der Waals surface area (Å²) in [6.45, 7) is 0.604. The highest BCUT2D eigenvalue weighted by molar-refractivity contribution is 6.31. The molecule has 0 spiro atoms. The Balaban J connectivity index is 0.000000234. The number of nitrogens with one attached hydrogen (secondary N) is 3. The SMILES string of the molecule is Cl.N=C1CCCN1Cc1[nH]c(=O)[nH]c(=O)c1Cl.Nc1ccn([C@@H]2O[C@H](CO)[C@@H](O)[C@@H]2O)c(=O)n1. The van der Waals surface area contributed by atoms with Gasteiger partial charge in [0, 0.05) is 19.2 Å². The molecule has 2 aromatic rings. The number of nitrogens with two attached hydrogens (primary N) is 1. The number of nitrogens with zero attached hydrogens (tertiary/aromatic N) is 3. The number of aliphatic hydroxyl groups excluding tert-OH is 3. The number of aromatic nitrogens is 4. The molecular formula is C18H25Cl2N7O7. The molecule has 0 unspecified atom stereocenters. The molecule has 4 heterocycles. The summed E-state index contributed by atoms with van der Waals surface area (Å²) in [6.07, 6.45) is -1.62. The van der Waals surface area contributed by atoms with Gasteiger partial charge in [-0.3, -0.25) is 19.8 Å². The Labute approximate surface area is 202 Å². The van der Waals surface area contributed by atoms with Crippen LogP contribution < -0.4 is 22.7 Å². The van der Waals surface area contributed by atoms with Crippen LogP contribution in [-0.4, -0.2) is 77.0 Å². The van der Waals surface area contributed by atoms with Crippen molar-refractivity contribution < 1.29 is 20.1 Å². The number of aliphatic hydroxyl groups is 3. The first-order valence-corrected chi connectivity index (χ1v) is 10.3. The molecule has 2 aromatic heterocycles. The van der Waals surface area contributed by atoms with E-state index in [0.29, 0.717) is 18.1 Å². The first-order valence-electron chi connectivity index (χ1n) is 9.92. The molecule has 0 saturated carbocycles. The fourth-order valence-electron chi connectivity index (χ4n) is 3.45. The zero-order valence-electron chi connectivity index (χ0n) is 17.7. The van der Waals surface area contributed by atoms with Gasteiger partial charge in [-0.15, -0.1) is 12.4 Å². The van der Waals surface area contributed by atoms with Crippen LogP contribution in [0.4, 0.5) is 5.82 Å². The van der Waals surface area contributed by atoms with Gasteiger partial charge in [0.15, 0.2) is 6.23 Å². The molecule has 2 saturated heterocycles. The third-order valence-corrected chi connectivity index (χ3v) is 5.57. The average molecular weight is 522 g/mol. The van der Waals surface area contributed by atoms with Crippen molar-refractivity contribution in [2.45, 2.75) is 43.9 Å². The highest BCUT2D eigenvalue weighted by Crippen LogP contribution is 2.27. The molecule has 14 nitrogen and oxygen atoms in total. The average Bonchev–Trinajstić information content (AvgIpc) is 3.29. The lowest BCUT2D eigenvalue weighted by Gasteiger charge is -2.17. The van der Waals surface area contributed by atoms with E-state index < -0.39 is 48.1 Å². The molecule has 0 bridgehead atoms. The molecule has 188 valence electrons. The van der Waals surface area contributed by atoms with E-state index in [0.717, 1.165) is 24.0 Å². The van der Waals surface area contributed by atoms with Crippen molar-refractivity contribution in [2.75, 3.05) is 18.9 Å². The summed E-state index contributed by atoms with van der Waals surface area (Å²) in [5, 5.41) is 35.8. The monoisotopic (exact) mass is 521 g/mol. The van der Waals surface area contributed by atoms with Crippen molar-refractivity contribution >= 4 is 35.7 Å². The minimum absolute atomic E-state index is 0. The van der Waals surface area contributed by atoms with E-state index in [2.05, 4.69) is 9.97 Å². The molecule has 34 heavy (non-hydrogen) atoms. The van der Waals surface area contributed by atoms with Gasteiger partial charge in [-0.05, 0) is 12.5 Å². The normalized spacial score (nSPS) is 23.9. The van der Waals surface area contributed by atoms with E-state index in [1.54, 1.807) is 4.90 Å². The molecule has 16 heteroatoms. The van der Waals surface area contributed by atoms with Crippen LogP contribution in [0.2, 0.25) is 5.02 Å². The summed E-state index contributed by atoms with van der Waals surface area (Å²) in [4.78, 5) is 43.6. The number of aromatic amines is 2. The number of amidine groups is 1. The maximum absolute atomic E-state index is 11.5. The predicted molar refractivity (Wildman–Crippen MR) is 123 cm³/mol. The van der Waals surface area contributed by atoms with Crippen LogP contribution in [0.5, 0.6) is 0 Å². The number of hydrogen-bond donors (Lipinski definition) is 7. The van der Waals surface area contributed by atoms with E-state index >= 15 is 0 Å². The maximum Gasteiger partial charge on any atom is 0.351 e. The molecule has 0 radical (unpaired) electrons. The summed E-state index contributed by atoms with van der Waals surface area (Å²) >= 11 is 5.78. The Morgan fingerprint density at radius 3 is 2.53 bits per heavy atom. The summed E-state index contributed by atoms with van der Waals surface area (Å²) in [6, 6.07) is 1.37. The first-order chi connectivity index (χ1) is 15.6. The molecule has 2 aliphatic heterocycles. The van der Waals surface area contributed by atoms with Gasteiger partial charge in [-0.1, -0.05) is 11.6 Å². The number of hydrogen-bond acceptors (Lipinski definition) is 10. The Bertz CT molecular complexity index is 1180. The van der Waals surface area contributed by atoms with Crippen LogP contribution >= 0.6 is 24.0 Å². The number of ether oxygens (including phenoxy) is 1. The summed E-state index contributed by atoms with van der Waals surface area (Å²) in [5.41, 5.74) is 3.83. The molecule has 2 fully saturated rings. The molecule has 4 rings (SSSR count). The third-order valence-electron chi connectivity index (χ3n) is 5.17.